The van der Waals surface area contributed by atoms with Gasteiger partial charge in [-0.05, 0) is 68.9 Å². The molecule has 1 saturated heterocycles. The van der Waals surface area contributed by atoms with Crippen molar-refractivity contribution >= 4 is 20.9 Å². The van der Waals surface area contributed by atoms with Crippen LogP contribution in [0.25, 0.3) is 10.9 Å². The summed E-state index contributed by atoms with van der Waals surface area (Å²) in [6.45, 7) is 4.81. The summed E-state index contributed by atoms with van der Waals surface area (Å²) in [6, 6.07) is 8.15. The number of nitrogens with one attached hydrogen (secondary N) is 2. The van der Waals surface area contributed by atoms with Gasteiger partial charge in [-0.2, -0.15) is 0 Å². The van der Waals surface area contributed by atoms with E-state index in [1.807, 2.05) is 0 Å². The van der Waals surface area contributed by atoms with E-state index in [2.05, 4.69) is 21.5 Å². The molecule has 0 amide bonds. The van der Waals surface area contributed by atoms with Crippen molar-refractivity contribution in [2.24, 2.45) is 0 Å². The monoisotopic (exact) mass is 377 g/mol. The van der Waals surface area contributed by atoms with Crippen LogP contribution in [-0.2, 0) is 10.0 Å². The molecule has 2 heterocycles. The smallest absolute Gasteiger partial charge is 0.248 e. The minimum absolute atomic E-state index is 0.200. The molecule has 0 spiro atoms. The number of hydrogen-bond donors (Lipinski definition) is 2. The first-order valence-electron chi connectivity index (χ1n) is 9.32. The number of pyridine rings is 1. The summed E-state index contributed by atoms with van der Waals surface area (Å²) in [4.78, 5) is 16.7. The lowest BCUT2D eigenvalue weighted by Crippen LogP contribution is -2.37. The molecule has 6 nitrogen and oxygen atoms in total. The maximum absolute atomic E-state index is 12.6. The Balaban J connectivity index is 1.61. The van der Waals surface area contributed by atoms with Gasteiger partial charge in [-0.1, -0.05) is 12.8 Å². The lowest BCUT2D eigenvalue weighted by Gasteiger charge is -2.27. The predicted molar refractivity (Wildman–Crippen MR) is 104 cm³/mol. The minimum Gasteiger partial charge on any atom is -0.322 e. The lowest BCUT2D eigenvalue weighted by molar-refractivity contribution is 0.208. The Labute approximate surface area is 154 Å². The van der Waals surface area contributed by atoms with Gasteiger partial charge in [-0.25, -0.2) is 13.1 Å². The highest BCUT2D eigenvalue weighted by atomic mass is 32.2. The number of hydrogen-bond acceptors (Lipinski definition) is 4. The summed E-state index contributed by atoms with van der Waals surface area (Å²) in [5.41, 5.74) is 0.431. The van der Waals surface area contributed by atoms with E-state index in [9.17, 15) is 13.2 Å². The zero-order valence-electron chi connectivity index (χ0n) is 15.2. The summed E-state index contributed by atoms with van der Waals surface area (Å²) >= 11 is 0. The first-order valence-corrected chi connectivity index (χ1v) is 10.8. The van der Waals surface area contributed by atoms with E-state index >= 15 is 0 Å². The average Bonchev–Trinajstić information content (AvgIpc) is 2.90. The fourth-order valence-corrected chi connectivity index (χ4v) is 4.59. The molecule has 1 fully saturated rings. The van der Waals surface area contributed by atoms with E-state index in [1.54, 1.807) is 18.2 Å². The molecule has 0 radical (unpaired) electrons. The number of aromatic nitrogens is 1. The molecule has 0 saturated carbocycles. The van der Waals surface area contributed by atoms with Crippen molar-refractivity contribution in [1.29, 1.82) is 0 Å². The van der Waals surface area contributed by atoms with Gasteiger partial charge in [-0.15, -0.1) is 0 Å². The van der Waals surface area contributed by atoms with Crippen LogP contribution in [0.3, 0.4) is 0 Å². The number of H-pyrrole nitrogens is 1. The second-order valence-electron chi connectivity index (χ2n) is 7.06. The topological polar surface area (TPSA) is 82.3 Å². The highest BCUT2D eigenvalue weighted by molar-refractivity contribution is 7.89. The molecule has 1 aliphatic rings. The van der Waals surface area contributed by atoms with Gasteiger partial charge >= 0.3 is 0 Å². The largest absolute Gasteiger partial charge is 0.322 e. The number of fused-ring (bicyclic) bond motifs is 1. The molecule has 1 aliphatic heterocycles. The Morgan fingerprint density at radius 3 is 2.58 bits per heavy atom. The van der Waals surface area contributed by atoms with Crippen molar-refractivity contribution in [2.75, 3.05) is 19.6 Å². The third-order valence-corrected chi connectivity index (χ3v) is 6.58. The summed E-state index contributed by atoms with van der Waals surface area (Å²) < 4.78 is 27.8. The van der Waals surface area contributed by atoms with Gasteiger partial charge in [0.15, 0.2) is 0 Å². The Kier molecular flexibility index (Phi) is 6.11. The first kappa shape index (κ1) is 19.1. The molecule has 142 valence electrons. The van der Waals surface area contributed by atoms with Crippen LogP contribution in [0.4, 0.5) is 0 Å². The summed E-state index contributed by atoms with van der Waals surface area (Å²) in [5, 5.41) is 0.699. The second kappa shape index (κ2) is 8.33. The minimum atomic E-state index is -3.56. The molecule has 0 bridgehead atoms. The van der Waals surface area contributed by atoms with E-state index in [0.717, 1.165) is 19.5 Å². The number of aromatic amines is 1. The molecule has 1 aromatic carbocycles. The Morgan fingerprint density at radius 1 is 1.12 bits per heavy atom. The molecular formula is C19H27N3O3S. The van der Waals surface area contributed by atoms with Crippen molar-refractivity contribution in [1.82, 2.24) is 14.6 Å². The van der Waals surface area contributed by atoms with Gasteiger partial charge in [0, 0.05) is 24.2 Å². The molecule has 1 aromatic heterocycles. The van der Waals surface area contributed by atoms with Crippen LogP contribution in [0.1, 0.15) is 39.0 Å². The fourth-order valence-electron chi connectivity index (χ4n) is 3.50. The molecule has 2 aromatic rings. The van der Waals surface area contributed by atoms with Gasteiger partial charge in [0.05, 0.1) is 4.90 Å². The second-order valence-corrected chi connectivity index (χ2v) is 8.82. The average molecular weight is 378 g/mol. The van der Waals surface area contributed by atoms with Crippen LogP contribution in [0.2, 0.25) is 0 Å². The third kappa shape index (κ3) is 4.72. The maximum Gasteiger partial charge on any atom is 0.248 e. The number of likely N-dealkylation sites (tertiary alicyclic amines) is 1. The quantitative estimate of drug-likeness (QED) is 0.810. The van der Waals surface area contributed by atoms with E-state index < -0.39 is 10.0 Å². The SMILES string of the molecule is C[C@@H](CCNS(=O)(=O)c1ccc2[nH]c(=O)ccc2c1)N1CCCCCC1. The van der Waals surface area contributed by atoms with Crippen LogP contribution in [0.5, 0.6) is 0 Å². The Morgan fingerprint density at radius 2 is 1.85 bits per heavy atom. The van der Waals surface area contributed by atoms with E-state index in [4.69, 9.17) is 0 Å². The van der Waals surface area contributed by atoms with Gasteiger partial charge < -0.3 is 9.88 Å². The number of nitrogens with zero attached hydrogens (tertiary/aromatic N) is 1. The fraction of sp³-hybridized carbons (Fsp3) is 0.526. The van der Waals surface area contributed by atoms with E-state index in [0.29, 0.717) is 23.5 Å². The van der Waals surface area contributed by atoms with Crippen molar-refractivity contribution in [3.8, 4) is 0 Å². The van der Waals surface area contributed by atoms with Crippen molar-refractivity contribution in [2.45, 2.75) is 50.0 Å². The maximum atomic E-state index is 12.6. The molecule has 2 N–H and O–H groups in total. The van der Waals surface area contributed by atoms with E-state index in [1.165, 1.54) is 37.8 Å². The van der Waals surface area contributed by atoms with Crippen LogP contribution < -0.4 is 10.3 Å². The third-order valence-electron chi connectivity index (χ3n) is 5.12. The number of benzene rings is 1. The summed E-state index contributed by atoms with van der Waals surface area (Å²) in [5.74, 6) is 0. The summed E-state index contributed by atoms with van der Waals surface area (Å²) in [7, 11) is -3.56. The van der Waals surface area contributed by atoms with Crippen LogP contribution in [0.15, 0.2) is 40.0 Å². The van der Waals surface area contributed by atoms with Gasteiger partial charge in [-0.3, -0.25) is 4.79 Å². The Bertz CT molecular complexity index is 900. The normalized spacial score (nSPS) is 17.9. The highest BCUT2D eigenvalue weighted by Crippen LogP contribution is 2.17. The van der Waals surface area contributed by atoms with Gasteiger partial charge in [0.25, 0.3) is 0 Å². The zero-order valence-corrected chi connectivity index (χ0v) is 16.0. The standard InChI is InChI=1S/C19H27N3O3S/c1-15(22-12-4-2-3-5-13-22)10-11-20-26(24,25)17-7-8-18-16(14-17)6-9-19(23)21-18/h6-9,14-15,20H,2-5,10-13H2,1H3,(H,21,23)/t15-/m0/s1. The predicted octanol–water partition coefficient (Wildman–Crippen LogP) is 2.46. The molecule has 0 unspecified atom stereocenters. The van der Waals surface area contributed by atoms with Crippen LogP contribution >= 0.6 is 0 Å². The Hall–Kier alpha value is -1.70. The molecule has 26 heavy (non-hydrogen) atoms. The highest BCUT2D eigenvalue weighted by Gasteiger charge is 2.18. The lowest BCUT2D eigenvalue weighted by atomic mass is 10.2. The van der Waals surface area contributed by atoms with Crippen molar-refractivity contribution in [3.63, 3.8) is 0 Å². The van der Waals surface area contributed by atoms with Crippen molar-refractivity contribution in [3.05, 3.63) is 40.7 Å². The van der Waals surface area contributed by atoms with Gasteiger partial charge in [0.2, 0.25) is 15.6 Å². The van der Waals surface area contributed by atoms with Crippen molar-refractivity contribution < 1.29 is 8.42 Å². The molecule has 0 aliphatic carbocycles. The number of rotatable bonds is 6. The van der Waals surface area contributed by atoms with Gasteiger partial charge in [0.1, 0.15) is 0 Å². The summed E-state index contributed by atoms with van der Waals surface area (Å²) in [6.07, 6.45) is 5.84. The van der Waals surface area contributed by atoms with Crippen LogP contribution in [-0.4, -0.2) is 44.0 Å². The number of sulfonamides is 1. The molecular weight excluding hydrogens is 350 g/mol. The van der Waals surface area contributed by atoms with E-state index in [-0.39, 0.29) is 10.5 Å². The first-order chi connectivity index (χ1) is 12.5. The zero-order chi connectivity index (χ0) is 18.6. The molecule has 1 atom stereocenters. The molecule has 3 rings (SSSR count). The molecule has 7 heteroatoms. The van der Waals surface area contributed by atoms with Crippen LogP contribution in [0, 0.1) is 0 Å².